The number of rotatable bonds is 12. The van der Waals surface area contributed by atoms with Gasteiger partial charge in [0, 0.05) is 32.4 Å². The molecular formula is C29H45N5O10. The predicted octanol–water partition coefficient (Wildman–Crippen LogP) is 0.695. The zero-order valence-electron chi connectivity index (χ0n) is 26.1. The number of nitrogens with zero attached hydrogens (tertiary/aromatic N) is 2. The van der Waals surface area contributed by atoms with E-state index in [-0.39, 0.29) is 43.7 Å². The van der Waals surface area contributed by atoms with Crippen molar-refractivity contribution in [3.05, 3.63) is 0 Å². The lowest BCUT2D eigenvalue weighted by atomic mass is 9.85. The van der Waals surface area contributed by atoms with Gasteiger partial charge in [-0.15, -0.1) is 0 Å². The summed E-state index contributed by atoms with van der Waals surface area (Å²) < 4.78 is 16.2. The highest BCUT2D eigenvalue weighted by Gasteiger charge is 2.56. The van der Waals surface area contributed by atoms with Crippen molar-refractivity contribution < 1.29 is 48.1 Å². The Labute approximate surface area is 256 Å². The van der Waals surface area contributed by atoms with Crippen LogP contribution in [0, 0.1) is 5.41 Å². The first-order valence-electron chi connectivity index (χ1n) is 15.2. The van der Waals surface area contributed by atoms with Crippen LogP contribution in [0.4, 0.5) is 4.79 Å². The van der Waals surface area contributed by atoms with Crippen molar-refractivity contribution in [3.8, 4) is 0 Å². The van der Waals surface area contributed by atoms with Crippen LogP contribution in [0.2, 0.25) is 0 Å². The van der Waals surface area contributed by atoms with Crippen molar-refractivity contribution in [2.75, 3.05) is 26.9 Å². The van der Waals surface area contributed by atoms with Gasteiger partial charge in [-0.25, -0.2) is 9.59 Å². The number of aliphatic carboxylic acids is 1. The van der Waals surface area contributed by atoms with Crippen LogP contribution in [-0.2, 0) is 38.2 Å². The Balaban J connectivity index is 1.57. The van der Waals surface area contributed by atoms with Gasteiger partial charge in [-0.05, 0) is 24.7 Å². The molecule has 4 aliphatic rings. The highest BCUT2D eigenvalue weighted by Crippen LogP contribution is 2.39. The molecule has 2 saturated heterocycles. The van der Waals surface area contributed by atoms with Crippen LogP contribution >= 0.6 is 0 Å². The maximum absolute atomic E-state index is 14.2. The van der Waals surface area contributed by atoms with Crippen LogP contribution in [0.25, 0.3) is 0 Å². The molecule has 3 heterocycles. The fourth-order valence-corrected chi connectivity index (χ4v) is 5.82. The topological polar surface area (TPSA) is 194 Å². The number of amides is 4. The fraction of sp³-hybridized carbons (Fsp3) is 0.793. The monoisotopic (exact) mass is 623 g/mol. The molecule has 0 bridgehead atoms. The van der Waals surface area contributed by atoms with Gasteiger partial charge in [-0.2, -0.15) is 0 Å². The second-order valence-electron chi connectivity index (χ2n) is 13.2. The minimum Gasteiger partial charge on any atom is -0.477 e. The molecule has 1 spiro atoms. The number of carbonyl (C=O) groups is 5. The maximum atomic E-state index is 14.2. The molecule has 1 aliphatic carbocycles. The number of likely N-dealkylation sites (tertiary alicyclic amines) is 1. The Morgan fingerprint density at radius 3 is 2.43 bits per heavy atom. The third kappa shape index (κ3) is 7.97. The van der Waals surface area contributed by atoms with E-state index in [1.807, 2.05) is 6.92 Å². The summed E-state index contributed by atoms with van der Waals surface area (Å²) >= 11 is 0. The first kappa shape index (κ1) is 33.4. The lowest BCUT2D eigenvalue weighted by Gasteiger charge is -2.36. The summed E-state index contributed by atoms with van der Waals surface area (Å²) in [6, 6.07) is -2.81. The summed E-state index contributed by atoms with van der Waals surface area (Å²) in [5.41, 5.74) is -2.27. The Hall–Kier alpha value is -3.46. The molecule has 4 rings (SSSR count). The molecule has 246 valence electrons. The summed E-state index contributed by atoms with van der Waals surface area (Å²) in [4.78, 5) is 72.5. The summed E-state index contributed by atoms with van der Waals surface area (Å²) in [7, 11) is 1.40. The van der Waals surface area contributed by atoms with Crippen molar-refractivity contribution in [1.82, 2.24) is 20.9 Å². The standard InChI is InChI=1S/C29H45N5O10/c1-6-7-18(21(41-5)24(36)30-16-8-9-16)31-23(35)20-13-29(12-19(26(38)39)33-44-29)15-34(20)25(37)22(28(2,3)4)32-27(40)43-17-10-11-42-14-17/h16-18,20-22H,6-15H2,1-5H3,(H,30,36)(H,31,35)(H,32,40)(H,38,39)/t17-,18-,20-,21?,22+,29+/m0/s1. The number of alkyl carbamates (subject to hydrolysis) is 1. The first-order valence-corrected chi connectivity index (χ1v) is 15.2. The number of ether oxygens (including phenoxy) is 3. The molecule has 0 aromatic rings. The Morgan fingerprint density at radius 1 is 1.16 bits per heavy atom. The lowest BCUT2D eigenvalue weighted by Crippen LogP contribution is -2.60. The smallest absolute Gasteiger partial charge is 0.408 e. The van der Waals surface area contributed by atoms with Crippen molar-refractivity contribution in [1.29, 1.82) is 0 Å². The van der Waals surface area contributed by atoms with E-state index >= 15 is 0 Å². The Bertz CT molecular complexity index is 1150. The lowest BCUT2D eigenvalue weighted by molar-refractivity contribution is -0.143. The summed E-state index contributed by atoms with van der Waals surface area (Å²) in [5.74, 6) is -2.71. The molecule has 4 amide bonds. The summed E-state index contributed by atoms with van der Waals surface area (Å²) in [6.45, 7) is 7.82. The molecule has 1 saturated carbocycles. The Morgan fingerprint density at radius 2 is 1.89 bits per heavy atom. The normalized spacial score (nSPS) is 26.8. The zero-order chi connectivity index (χ0) is 32.2. The van der Waals surface area contributed by atoms with Crippen LogP contribution in [-0.4, -0.2) is 114 Å². The van der Waals surface area contributed by atoms with Gasteiger partial charge in [0.15, 0.2) is 17.4 Å². The van der Waals surface area contributed by atoms with Gasteiger partial charge in [0.05, 0.1) is 25.8 Å². The quantitative estimate of drug-likeness (QED) is 0.240. The van der Waals surface area contributed by atoms with Crippen LogP contribution in [0.15, 0.2) is 5.16 Å². The maximum Gasteiger partial charge on any atom is 0.408 e. The summed E-state index contributed by atoms with van der Waals surface area (Å²) in [5, 5.41) is 21.7. The average molecular weight is 624 g/mol. The molecular weight excluding hydrogens is 578 g/mol. The van der Waals surface area contributed by atoms with Crippen molar-refractivity contribution in [2.24, 2.45) is 10.6 Å². The van der Waals surface area contributed by atoms with E-state index in [0.29, 0.717) is 25.9 Å². The third-order valence-corrected chi connectivity index (χ3v) is 8.34. The van der Waals surface area contributed by atoms with E-state index in [1.165, 1.54) is 12.0 Å². The number of hydrogen-bond donors (Lipinski definition) is 4. The van der Waals surface area contributed by atoms with Crippen LogP contribution in [0.5, 0.6) is 0 Å². The van der Waals surface area contributed by atoms with Gasteiger partial charge < -0.3 is 45.0 Å². The van der Waals surface area contributed by atoms with Gasteiger partial charge >= 0.3 is 12.1 Å². The largest absolute Gasteiger partial charge is 0.477 e. The average Bonchev–Trinajstić information content (AvgIpc) is 3.32. The van der Waals surface area contributed by atoms with Gasteiger partial charge in [-0.3, -0.25) is 14.4 Å². The second-order valence-corrected chi connectivity index (χ2v) is 13.2. The molecule has 4 N–H and O–H groups in total. The molecule has 15 heteroatoms. The van der Waals surface area contributed by atoms with E-state index in [4.69, 9.17) is 19.0 Å². The molecule has 3 fully saturated rings. The number of carboxylic acid groups (broad SMARTS) is 1. The molecule has 1 unspecified atom stereocenters. The van der Waals surface area contributed by atoms with Crippen molar-refractivity contribution in [3.63, 3.8) is 0 Å². The zero-order valence-corrected chi connectivity index (χ0v) is 26.1. The highest BCUT2D eigenvalue weighted by molar-refractivity contribution is 6.36. The number of methoxy groups -OCH3 is 1. The van der Waals surface area contributed by atoms with E-state index in [2.05, 4.69) is 21.1 Å². The minimum absolute atomic E-state index is 0.0453. The third-order valence-electron chi connectivity index (χ3n) is 8.34. The van der Waals surface area contributed by atoms with E-state index in [0.717, 1.165) is 12.8 Å². The predicted molar refractivity (Wildman–Crippen MR) is 155 cm³/mol. The SMILES string of the molecule is CCC[C@H](NC(=O)[C@@H]1C[C@]2(CC(C(=O)O)=NO2)CN1C(=O)[C@@H](NC(=O)O[C@H]1CCOC1)C(C)(C)C)C(OC)C(=O)NC1CC1. The van der Waals surface area contributed by atoms with Crippen LogP contribution < -0.4 is 16.0 Å². The fourth-order valence-electron chi connectivity index (χ4n) is 5.82. The molecule has 0 aromatic carbocycles. The number of nitrogens with one attached hydrogen (secondary N) is 3. The van der Waals surface area contributed by atoms with E-state index < -0.39 is 65.2 Å². The molecule has 44 heavy (non-hydrogen) atoms. The van der Waals surface area contributed by atoms with Gasteiger partial charge in [0.25, 0.3) is 5.91 Å². The highest BCUT2D eigenvalue weighted by atomic mass is 16.7. The molecule has 6 atom stereocenters. The Kier molecular flexibility index (Phi) is 10.4. The van der Waals surface area contributed by atoms with Gasteiger partial charge in [0.2, 0.25) is 11.8 Å². The molecule has 3 aliphatic heterocycles. The van der Waals surface area contributed by atoms with E-state index in [1.54, 1.807) is 20.8 Å². The first-order chi connectivity index (χ1) is 20.8. The van der Waals surface area contributed by atoms with Gasteiger partial charge in [-0.1, -0.05) is 39.3 Å². The molecule has 0 aromatic heterocycles. The molecule has 15 nitrogen and oxygen atoms in total. The number of hydrogen-bond acceptors (Lipinski definition) is 10. The summed E-state index contributed by atoms with van der Waals surface area (Å²) in [6.07, 6.45) is 1.06. The van der Waals surface area contributed by atoms with Crippen LogP contribution in [0.1, 0.15) is 72.6 Å². The van der Waals surface area contributed by atoms with Crippen LogP contribution in [0.3, 0.4) is 0 Å². The minimum atomic E-state index is -1.26. The van der Waals surface area contributed by atoms with Crippen molar-refractivity contribution in [2.45, 2.75) is 115 Å². The number of carboxylic acids is 1. The number of carbonyl (C=O) groups excluding carboxylic acids is 4. The second kappa shape index (κ2) is 13.7. The number of oxime groups is 1. The van der Waals surface area contributed by atoms with Crippen molar-refractivity contribution >= 4 is 35.5 Å². The molecule has 0 radical (unpaired) electrons. The van der Waals surface area contributed by atoms with Gasteiger partial charge in [0.1, 0.15) is 18.2 Å². The van der Waals surface area contributed by atoms with E-state index in [9.17, 15) is 29.1 Å².